The smallest absolute Gasteiger partial charge is 0.243 e. The molecule has 0 saturated carbocycles. The van der Waals surface area contributed by atoms with E-state index in [0.29, 0.717) is 10.4 Å². The summed E-state index contributed by atoms with van der Waals surface area (Å²) < 4.78 is 36.2. The van der Waals surface area contributed by atoms with Crippen molar-refractivity contribution in [1.29, 1.82) is 0 Å². The van der Waals surface area contributed by atoms with E-state index in [0.717, 1.165) is 0 Å². The zero-order chi connectivity index (χ0) is 10.1. The van der Waals surface area contributed by atoms with Crippen LogP contribution in [0.2, 0.25) is 0 Å². The third kappa shape index (κ3) is 3.22. The maximum absolute atomic E-state index is 11.8. The van der Waals surface area contributed by atoms with Crippen molar-refractivity contribution in [2.75, 3.05) is 0 Å². The van der Waals surface area contributed by atoms with Gasteiger partial charge in [-0.3, -0.25) is 0 Å². The highest BCUT2D eigenvalue weighted by molar-refractivity contribution is 6.20. The summed E-state index contributed by atoms with van der Waals surface area (Å²) in [6.45, 7) is 0.479. The van der Waals surface area contributed by atoms with Crippen LogP contribution in [0.25, 0.3) is 0 Å². The lowest BCUT2D eigenvalue weighted by molar-refractivity contribution is -0.142. The number of hydrogen-bond acceptors (Lipinski definition) is 2. The number of aromatic nitrogens is 3. The maximum Gasteiger partial charge on any atom is 0.408 e. The summed E-state index contributed by atoms with van der Waals surface area (Å²) in [5, 5.41) is 6.34. The Hall–Kier alpha value is -0.780. The molecule has 1 atom stereocenters. The quantitative estimate of drug-likeness (QED) is 0.705. The molecule has 0 aliphatic rings. The molecule has 1 heterocycles. The van der Waals surface area contributed by atoms with E-state index in [-0.39, 0.29) is 0 Å². The molecule has 7 heteroatoms. The fraction of sp³-hybridized carbons (Fsp3) is 0.667. The predicted molar refractivity (Wildman–Crippen MR) is 40.3 cm³/mol. The minimum Gasteiger partial charge on any atom is -0.243 e. The van der Waals surface area contributed by atoms with Gasteiger partial charge in [0.1, 0.15) is 12.2 Å². The van der Waals surface area contributed by atoms with Crippen LogP contribution in [0.15, 0.2) is 6.20 Å². The molecule has 0 spiro atoms. The normalized spacial score (nSPS) is 14.5. The number of nitrogens with zero attached hydrogens (tertiary/aromatic N) is 3. The van der Waals surface area contributed by atoms with Gasteiger partial charge in [0.25, 0.3) is 0 Å². The van der Waals surface area contributed by atoms with E-state index in [9.17, 15) is 13.2 Å². The molecule has 13 heavy (non-hydrogen) atoms. The number of alkyl halides is 4. The van der Waals surface area contributed by atoms with Crippen LogP contribution >= 0.6 is 11.6 Å². The highest BCUT2D eigenvalue weighted by atomic mass is 35.5. The summed E-state index contributed by atoms with van der Waals surface area (Å²) in [7, 11) is 0. The lowest BCUT2D eigenvalue weighted by Gasteiger charge is -2.03. The van der Waals surface area contributed by atoms with Crippen LogP contribution in [0.4, 0.5) is 13.2 Å². The second-order valence-corrected chi connectivity index (χ2v) is 3.23. The lowest BCUT2D eigenvalue weighted by atomic mass is 10.4. The molecule has 0 radical (unpaired) electrons. The monoisotopic (exact) mass is 213 g/mol. The molecule has 0 aliphatic carbocycles. The Morgan fingerprint density at radius 2 is 2.23 bits per heavy atom. The van der Waals surface area contributed by atoms with Crippen molar-refractivity contribution in [3.63, 3.8) is 0 Å². The first-order valence-electron chi connectivity index (χ1n) is 3.49. The Morgan fingerprint density at radius 3 is 2.62 bits per heavy atom. The van der Waals surface area contributed by atoms with Crippen LogP contribution < -0.4 is 0 Å². The van der Waals surface area contributed by atoms with Gasteiger partial charge in [-0.2, -0.15) is 13.2 Å². The Labute approximate surface area is 77.5 Å². The first-order chi connectivity index (χ1) is 5.88. The molecule has 1 unspecified atom stereocenters. The largest absolute Gasteiger partial charge is 0.408 e. The third-order valence-electron chi connectivity index (χ3n) is 1.31. The van der Waals surface area contributed by atoms with E-state index in [4.69, 9.17) is 11.6 Å². The SMILES string of the molecule is CC(Cl)c1cn(CC(F)(F)F)nn1. The molecular weight excluding hydrogens is 207 g/mol. The molecule has 0 aliphatic heterocycles. The van der Waals surface area contributed by atoms with Gasteiger partial charge in [-0.05, 0) is 6.92 Å². The van der Waals surface area contributed by atoms with E-state index in [1.807, 2.05) is 0 Å². The van der Waals surface area contributed by atoms with Crippen molar-refractivity contribution in [2.24, 2.45) is 0 Å². The fourth-order valence-corrected chi connectivity index (χ4v) is 0.857. The van der Waals surface area contributed by atoms with Crippen molar-refractivity contribution >= 4 is 11.6 Å². The second-order valence-electron chi connectivity index (χ2n) is 2.57. The van der Waals surface area contributed by atoms with E-state index in [1.165, 1.54) is 6.20 Å². The van der Waals surface area contributed by atoms with Crippen molar-refractivity contribution < 1.29 is 13.2 Å². The molecule has 0 bridgehead atoms. The molecule has 0 amide bonds. The fourth-order valence-electron chi connectivity index (χ4n) is 0.757. The lowest BCUT2D eigenvalue weighted by Crippen LogP contribution is -2.18. The van der Waals surface area contributed by atoms with Gasteiger partial charge in [-0.15, -0.1) is 16.7 Å². The average molecular weight is 214 g/mol. The molecule has 0 aromatic carbocycles. The maximum atomic E-state index is 11.8. The first kappa shape index (κ1) is 10.3. The minimum atomic E-state index is -4.28. The van der Waals surface area contributed by atoms with Gasteiger partial charge < -0.3 is 0 Å². The standard InChI is InChI=1S/C6H7ClF3N3/c1-4(7)5-2-13(12-11-5)3-6(8,9)10/h2,4H,3H2,1H3. The molecule has 0 N–H and O–H groups in total. The van der Waals surface area contributed by atoms with E-state index in [1.54, 1.807) is 6.92 Å². The van der Waals surface area contributed by atoms with Crippen molar-refractivity contribution in [3.05, 3.63) is 11.9 Å². The van der Waals surface area contributed by atoms with Crippen LogP contribution in [0.5, 0.6) is 0 Å². The Morgan fingerprint density at radius 1 is 1.62 bits per heavy atom. The summed E-state index contributed by atoms with van der Waals surface area (Å²) in [5.74, 6) is 0. The average Bonchev–Trinajstić information content (AvgIpc) is 2.31. The van der Waals surface area contributed by atoms with Crippen LogP contribution in [0.3, 0.4) is 0 Å². The van der Waals surface area contributed by atoms with Gasteiger partial charge in [0.15, 0.2) is 0 Å². The molecule has 1 aromatic rings. The van der Waals surface area contributed by atoms with Gasteiger partial charge in [-0.1, -0.05) is 5.21 Å². The van der Waals surface area contributed by atoms with Gasteiger partial charge in [0, 0.05) is 0 Å². The van der Waals surface area contributed by atoms with Crippen LogP contribution in [-0.4, -0.2) is 21.2 Å². The van der Waals surface area contributed by atoms with Crippen molar-refractivity contribution in [1.82, 2.24) is 15.0 Å². The Kier molecular flexibility index (Phi) is 2.80. The van der Waals surface area contributed by atoms with Crippen LogP contribution in [0.1, 0.15) is 18.0 Å². The Bertz CT molecular complexity index is 281. The molecule has 1 aromatic heterocycles. The highest BCUT2D eigenvalue weighted by Crippen LogP contribution is 2.19. The minimum absolute atomic E-state index is 0.339. The molecule has 0 fully saturated rings. The van der Waals surface area contributed by atoms with Crippen LogP contribution in [-0.2, 0) is 6.54 Å². The van der Waals surface area contributed by atoms with Crippen molar-refractivity contribution in [3.8, 4) is 0 Å². The summed E-state index contributed by atoms with van der Waals surface area (Å²) in [4.78, 5) is 0. The first-order valence-corrected chi connectivity index (χ1v) is 3.93. The summed E-state index contributed by atoms with van der Waals surface area (Å²) >= 11 is 5.59. The van der Waals surface area contributed by atoms with Crippen LogP contribution in [0, 0.1) is 0 Å². The molecule has 1 rings (SSSR count). The summed E-state index contributed by atoms with van der Waals surface area (Å²) in [6.07, 6.45) is -3.09. The molecule has 0 saturated heterocycles. The molecule has 3 nitrogen and oxygen atoms in total. The van der Waals surface area contributed by atoms with E-state index < -0.39 is 18.1 Å². The van der Waals surface area contributed by atoms with E-state index in [2.05, 4.69) is 10.3 Å². The predicted octanol–water partition coefficient (Wildman–Crippen LogP) is 2.14. The summed E-state index contributed by atoms with van der Waals surface area (Å²) in [6, 6.07) is 0. The summed E-state index contributed by atoms with van der Waals surface area (Å²) in [5.41, 5.74) is 0.339. The highest BCUT2D eigenvalue weighted by Gasteiger charge is 2.28. The van der Waals surface area contributed by atoms with Gasteiger partial charge in [0.2, 0.25) is 0 Å². The topological polar surface area (TPSA) is 30.7 Å². The third-order valence-corrected chi connectivity index (χ3v) is 1.53. The zero-order valence-electron chi connectivity index (χ0n) is 6.72. The van der Waals surface area contributed by atoms with Crippen molar-refractivity contribution in [2.45, 2.75) is 25.0 Å². The number of rotatable bonds is 2. The van der Waals surface area contributed by atoms with Gasteiger partial charge >= 0.3 is 6.18 Å². The number of halogens is 4. The molecule has 74 valence electrons. The van der Waals surface area contributed by atoms with Gasteiger partial charge in [0.05, 0.1) is 11.6 Å². The number of hydrogen-bond donors (Lipinski definition) is 0. The van der Waals surface area contributed by atoms with E-state index >= 15 is 0 Å². The second kappa shape index (κ2) is 3.53. The Balaban J connectivity index is 2.70. The van der Waals surface area contributed by atoms with Gasteiger partial charge in [-0.25, -0.2) is 4.68 Å². The zero-order valence-corrected chi connectivity index (χ0v) is 7.47. The molecular formula is C6H7ClF3N3.